The van der Waals surface area contributed by atoms with E-state index in [0.717, 1.165) is 18.0 Å². The Labute approximate surface area is 111 Å². The molecule has 0 spiro atoms. The summed E-state index contributed by atoms with van der Waals surface area (Å²) in [6.07, 6.45) is 1.69. The molecule has 0 saturated heterocycles. The smallest absolute Gasteiger partial charge is 0.140 e. The van der Waals surface area contributed by atoms with Crippen LogP contribution in [-0.4, -0.2) is 17.3 Å². The van der Waals surface area contributed by atoms with Crippen molar-refractivity contribution >= 4 is 17.4 Å². The molecule has 2 rings (SSSR count). The van der Waals surface area contributed by atoms with Crippen LogP contribution < -0.4 is 5.32 Å². The van der Waals surface area contributed by atoms with Crippen LogP contribution in [0.15, 0.2) is 53.6 Å². The molecular weight excluding hydrogens is 242 g/mol. The maximum absolute atomic E-state index is 8.63. The molecule has 0 aliphatic carbocycles. The average Bonchev–Trinajstić information content (AvgIpc) is 2.45. The molecule has 3 nitrogen and oxygen atoms in total. The molecule has 0 bridgehead atoms. The topological polar surface area (TPSA) is 48.7 Å². The lowest BCUT2D eigenvalue weighted by molar-refractivity contribution is 1.19. The van der Waals surface area contributed by atoms with E-state index in [9.17, 15) is 0 Å². The molecule has 2 aromatic rings. The fraction of sp³-hybridized carbons (Fsp3) is 0.143. The normalized spacial score (nSPS) is 9.72. The number of aromatic nitrogens is 1. The Morgan fingerprint density at radius 3 is 2.67 bits per heavy atom. The van der Waals surface area contributed by atoms with Gasteiger partial charge in [-0.1, -0.05) is 18.2 Å². The third-order valence-electron chi connectivity index (χ3n) is 2.32. The minimum atomic E-state index is 0.444. The van der Waals surface area contributed by atoms with Crippen LogP contribution in [0.4, 0.5) is 5.69 Å². The van der Waals surface area contributed by atoms with Crippen LogP contribution in [0.5, 0.6) is 0 Å². The quantitative estimate of drug-likeness (QED) is 0.658. The summed E-state index contributed by atoms with van der Waals surface area (Å²) in [6, 6.07) is 15.9. The number of anilines is 1. The van der Waals surface area contributed by atoms with Crippen LogP contribution in [0.3, 0.4) is 0 Å². The number of pyridine rings is 1. The first kappa shape index (κ1) is 12.5. The zero-order valence-corrected chi connectivity index (χ0v) is 10.7. The van der Waals surface area contributed by atoms with Crippen molar-refractivity contribution in [1.82, 2.24) is 4.98 Å². The number of thioether (sulfide) groups is 1. The summed E-state index contributed by atoms with van der Waals surface area (Å²) in [5, 5.41) is 11.9. The van der Waals surface area contributed by atoms with E-state index in [1.165, 1.54) is 4.90 Å². The van der Waals surface area contributed by atoms with E-state index in [2.05, 4.69) is 22.4 Å². The Morgan fingerprint density at radius 2 is 2.00 bits per heavy atom. The molecule has 1 aromatic heterocycles. The highest BCUT2D eigenvalue weighted by Crippen LogP contribution is 2.16. The number of rotatable bonds is 5. The molecule has 1 N–H and O–H groups in total. The van der Waals surface area contributed by atoms with Gasteiger partial charge in [0.2, 0.25) is 0 Å². The lowest BCUT2D eigenvalue weighted by Crippen LogP contribution is -2.04. The second-order valence-electron chi connectivity index (χ2n) is 3.63. The monoisotopic (exact) mass is 255 g/mol. The highest BCUT2D eigenvalue weighted by atomic mass is 32.2. The number of benzene rings is 1. The lowest BCUT2D eigenvalue weighted by atomic mass is 10.3. The van der Waals surface area contributed by atoms with Crippen LogP contribution in [0.1, 0.15) is 5.69 Å². The summed E-state index contributed by atoms with van der Waals surface area (Å²) in [5.74, 6) is 0.990. The van der Waals surface area contributed by atoms with E-state index in [4.69, 9.17) is 5.26 Å². The molecule has 4 heteroatoms. The highest BCUT2D eigenvalue weighted by Gasteiger charge is 1.95. The van der Waals surface area contributed by atoms with Gasteiger partial charge in [0.15, 0.2) is 0 Å². The van der Waals surface area contributed by atoms with Gasteiger partial charge in [-0.05, 0) is 24.3 Å². The third-order valence-corrected chi connectivity index (χ3v) is 3.33. The molecule has 1 heterocycles. The zero-order valence-electron chi connectivity index (χ0n) is 9.84. The predicted molar refractivity (Wildman–Crippen MR) is 74.6 cm³/mol. The maximum atomic E-state index is 8.63. The Morgan fingerprint density at radius 1 is 1.17 bits per heavy atom. The van der Waals surface area contributed by atoms with Crippen molar-refractivity contribution in [3.63, 3.8) is 0 Å². The molecule has 0 saturated carbocycles. The van der Waals surface area contributed by atoms with Crippen LogP contribution in [0, 0.1) is 11.3 Å². The van der Waals surface area contributed by atoms with Crippen molar-refractivity contribution in [2.24, 2.45) is 0 Å². The molecule has 0 atom stereocenters. The summed E-state index contributed by atoms with van der Waals surface area (Å²) < 4.78 is 0. The molecule has 1 aromatic carbocycles. The minimum Gasteiger partial charge on any atom is -0.383 e. The van der Waals surface area contributed by atoms with Gasteiger partial charge in [0.05, 0.1) is 11.9 Å². The number of nitriles is 1. The summed E-state index contributed by atoms with van der Waals surface area (Å²) in [6.45, 7) is 0.868. The van der Waals surface area contributed by atoms with Crippen molar-refractivity contribution in [3.05, 3.63) is 54.4 Å². The second-order valence-corrected chi connectivity index (χ2v) is 4.80. The maximum Gasteiger partial charge on any atom is 0.140 e. The van der Waals surface area contributed by atoms with Crippen LogP contribution in [0.25, 0.3) is 0 Å². The molecule has 0 fully saturated rings. The molecular formula is C14H13N3S. The number of nitrogens with one attached hydrogen (secondary N) is 1. The first-order chi connectivity index (χ1) is 8.88. The van der Waals surface area contributed by atoms with Gasteiger partial charge in [0, 0.05) is 17.2 Å². The van der Waals surface area contributed by atoms with Crippen molar-refractivity contribution in [1.29, 1.82) is 5.26 Å². The van der Waals surface area contributed by atoms with Crippen LogP contribution in [0.2, 0.25) is 0 Å². The van der Waals surface area contributed by atoms with E-state index in [1.54, 1.807) is 12.3 Å². The van der Waals surface area contributed by atoms with Gasteiger partial charge in [0.1, 0.15) is 11.8 Å². The molecule has 0 unspecified atom stereocenters. The van der Waals surface area contributed by atoms with Gasteiger partial charge in [0.25, 0.3) is 0 Å². The number of hydrogen-bond acceptors (Lipinski definition) is 4. The van der Waals surface area contributed by atoms with Crippen molar-refractivity contribution in [2.45, 2.75) is 4.90 Å². The lowest BCUT2D eigenvalue weighted by Gasteiger charge is -2.05. The molecule has 0 amide bonds. The van der Waals surface area contributed by atoms with E-state index >= 15 is 0 Å². The second kappa shape index (κ2) is 6.67. The van der Waals surface area contributed by atoms with Gasteiger partial charge in [-0.2, -0.15) is 5.26 Å². The molecule has 0 radical (unpaired) electrons. The van der Waals surface area contributed by atoms with Gasteiger partial charge in [-0.3, -0.25) is 0 Å². The Hall–Kier alpha value is -1.99. The number of hydrogen-bond donors (Lipinski definition) is 1. The van der Waals surface area contributed by atoms with Crippen LogP contribution in [-0.2, 0) is 0 Å². The Bertz CT molecular complexity index is 517. The first-order valence-electron chi connectivity index (χ1n) is 5.66. The molecule has 0 aliphatic rings. The predicted octanol–water partition coefficient (Wildman–Crippen LogP) is 3.16. The number of nitrogens with zero attached hydrogens (tertiary/aromatic N) is 2. The fourth-order valence-electron chi connectivity index (χ4n) is 1.45. The largest absolute Gasteiger partial charge is 0.383 e. The average molecular weight is 255 g/mol. The van der Waals surface area contributed by atoms with Crippen molar-refractivity contribution < 1.29 is 0 Å². The Balaban J connectivity index is 1.74. The van der Waals surface area contributed by atoms with E-state index in [1.807, 2.05) is 42.1 Å². The standard InChI is InChI=1S/C14H13N3S/c15-10-12-6-7-13(11-17-12)16-8-9-18-14-4-2-1-3-5-14/h1-7,11,16H,8-9H2. The first-order valence-corrected chi connectivity index (χ1v) is 6.65. The highest BCUT2D eigenvalue weighted by molar-refractivity contribution is 7.99. The SMILES string of the molecule is N#Cc1ccc(NCCSc2ccccc2)cn1. The van der Waals surface area contributed by atoms with Gasteiger partial charge in [-0.15, -0.1) is 11.8 Å². The van der Waals surface area contributed by atoms with E-state index in [0.29, 0.717) is 5.69 Å². The third kappa shape index (κ3) is 3.79. The van der Waals surface area contributed by atoms with Crippen molar-refractivity contribution in [3.8, 4) is 6.07 Å². The summed E-state index contributed by atoms with van der Waals surface area (Å²) in [7, 11) is 0. The van der Waals surface area contributed by atoms with Crippen LogP contribution >= 0.6 is 11.8 Å². The van der Waals surface area contributed by atoms with Gasteiger partial charge < -0.3 is 5.32 Å². The van der Waals surface area contributed by atoms with Gasteiger partial charge >= 0.3 is 0 Å². The summed E-state index contributed by atoms with van der Waals surface area (Å²) in [5.41, 5.74) is 1.39. The summed E-state index contributed by atoms with van der Waals surface area (Å²) >= 11 is 1.81. The van der Waals surface area contributed by atoms with E-state index < -0.39 is 0 Å². The zero-order chi connectivity index (χ0) is 12.6. The summed E-state index contributed by atoms with van der Waals surface area (Å²) in [4.78, 5) is 5.28. The van der Waals surface area contributed by atoms with Crippen molar-refractivity contribution in [2.75, 3.05) is 17.6 Å². The molecule has 0 aliphatic heterocycles. The Kier molecular flexibility index (Phi) is 4.62. The van der Waals surface area contributed by atoms with E-state index in [-0.39, 0.29) is 0 Å². The minimum absolute atomic E-state index is 0.444. The fourth-order valence-corrected chi connectivity index (χ4v) is 2.23. The molecule has 90 valence electrons. The molecule has 18 heavy (non-hydrogen) atoms. The van der Waals surface area contributed by atoms with Gasteiger partial charge in [-0.25, -0.2) is 4.98 Å².